The molecule has 0 unspecified atom stereocenters. The van der Waals surface area contributed by atoms with E-state index in [-0.39, 0.29) is 11.2 Å². The summed E-state index contributed by atoms with van der Waals surface area (Å²) >= 11 is 0. The standard InChI is InChI=1S/C17H19F2N3O/c1-11-3-5-12(6-4-11)20-16-14(8-7-13(18)15(16)19)21-23-22-17(2)9-10-17/h3-8,20-22H,9-10H2,1-2H3. The van der Waals surface area contributed by atoms with Crippen LogP contribution in [0.15, 0.2) is 36.4 Å². The van der Waals surface area contributed by atoms with E-state index in [4.69, 9.17) is 4.94 Å². The molecule has 0 amide bonds. The fourth-order valence-corrected chi connectivity index (χ4v) is 2.03. The fraction of sp³-hybridized carbons (Fsp3) is 0.294. The van der Waals surface area contributed by atoms with Crippen LogP contribution in [0, 0.1) is 18.6 Å². The van der Waals surface area contributed by atoms with E-state index in [0.717, 1.165) is 24.5 Å². The van der Waals surface area contributed by atoms with Gasteiger partial charge in [0.15, 0.2) is 11.6 Å². The molecule has 122 valence electrons. The van der Waals surface area contributed by atoms with Crippen LogP contribution in [0.3, 0.4) is 0 Å². The first-order valence-corrected chi connectivity index (χ1v) is 7.48. The summed E-state index contributed by atoms with van der Waals surface area (Å²) in [6, 6.07) is 9.85. The third-order valence-corrected chi connectivity index (χ3v) is 3.87. The lowest BCUT2D eigenvalue weighted by Gasteiger charge is -2.17. The highest BCUT2D eigenvalue weighted by Gasteiger charge is 2.37. The van der Waals surface area contributed by atoms with Crippen molar-refractivity contribution in [1.29, 1.82) is 0 Å². The van der Waals surface area contributed by atoms with Gasteiger partial charge in [-0.1, -0.05) is 17.7 Å². The first kappa shape index (κ1) is 15.7. The number of hydrogen-bond donors (Lipinski definition) is 3. The summed E-state index contributed by atoms with van der Waals surface area (Å²) in [5.41, 5.74) is 7.49. The Labute approximate surface area is 133 Å². The van der Waals surface area contributed by atoms with E-state index in [1.54, 1.807) is 12.1 Å². The molecule has 0 atom stereocenters. The van der Waals surface area contributed by atoms with Crippen LogP contribution in [-0.4, -0.2) is 5.54 Å². The molecule has 2 aromatic rings. The third-order valence-electron chi connectivity index (χ3n) is 3.87. The van der Waals surface area contributed by atoms with Crippen LogP contribution in [0.1, 0.15) is 25.3 Å². The summed E-state index contributed by atoms with van der Waals surface area (Å²) in [5.74, 6) is -1.89. The quantitative estimate of drug-likeness (QED) is 0.690. The number of hydroxylamine groups is 1. The largest absolute Gasteiger partial charge is 0.351 e. The second kappa shape index (κ2) is 6.14. The molecule has 3 rings (SSSR count). The smallest absolute Gasteiger partial charge is 0.184 e. The van der Waals surface area contributed by atoms with Crippen molar-refractivity contribution in [2.24, 2.45) is 0 Å². The summed E-state index contributed by atoms with van der Waals surface area (Å²) in [5, 5.41) is 2.89. The minimum Gasteiger partial charge on any atom is -0.351 e. The van der Waals surface area contributed by atoms with Gasteiger partial charge in [0, 0.05) is 11.2 Å². The first-order chi connectivity index (χ1) is 11.0. The number of nitrogens with one attached hydrogen (secondary N) is 3. The maximum atomic E-state index is 14.1. The highest BCUT2D eigenvalue weighted by Crippen LogP contribution is 2.35. The van der Waals surface area contributed by atoms with Gasteiger partial charge in [0.2, 0.25) is 0 Å². The van der Waals surface area contributed by atoms with E-state index in [1.807, 2.05) is 26.0 Å². The maximum absolute atomic E-state index is 14.1. The average molecular weight is 319 g/mol. The lowest BCUT2D eigenvalue weighted by atomic mass is 10.2. The molecular weight excluding hydrogens is 300 g/mol. The van der Waals surface area contributed by atoms with Gasteiger partial charge in [0.05, 0.1) is 5.69 Å². The zero-order chi connectivity index (χ0) is 16.4. The van der Waals surface area contributed by atoms with Gasteiger partial charge in [-0.05, 0) is 51.0 Å². The summed E-state index contributed by atoms with van der Waals surface area (Å²) < 4.78 is 27.7. The Morgan fingerprint density at radius 1 is 1.04 bits per heavy atom. The summed E-state index contributed by atoms with van der Waals surface area (Å²) in [6.07, 6.45) is 2.03. The molecule has 6 heteroatoms. The molecule has 23 heavy (non-hydrogen) atoms. The van der Waals surface area contributed by atoms with Crippen LogP contribution in [0.25, 0.3) is 0 Å². The van der Waals surface area contributed by atoms with Crippen LogP contribution in [0.4, 0.5) is 25.8 Å². The number of hydrogen-bond acceptors (Lipinski definition) is 4. The molecule has 0 spiro atoms. The monoisotopic (exact) mass is 319 g/mol. The molecule has 0 aliphatic heterocycles. The van der Waals surface area contributed by atoms with Crippen LogP contribution >= 0.6 is 0 Å². The highest BCUT2D eigenvalue weighted by molar-refractivity contribution is 5.74. The summed E-state index contributed by atoms with van der Waals surface area (Å²) in [6.45, 7) is 3.98. The molecule has 0 radical (unpaired) electrons. The van der Waals surface area contributed by atoms with Crippen LogP contribution < -0.4 is 16.3 Å². The van der Waals surface area contributed by atoms with Gasteiger partial charge < -0.3 is 5.32 Å². The Morgan fingerprint density at radius 2 is 1.74 bits per heavy atom. The molecule has 0 heterocycles. The summed E-state index contributed by atoms with van der Waals surface area (Å²) in [4.78, 5) is 5.21. The minimum atomic E-state index is -0.961. The first-order valence-electron chi connectivity index (χ1n) is 7.48. The van der Waals surface area contributed by atoms with E-state index in [1.165, 1.54) is 6.07 Å². The lowest BCUT2D eigenvalue weighted by molar-refractivity contribution is 0.0553. The van der Waals surface area contributed by atoms with Crippen molar-refractivity contribution in [3.05, 3.63) is 53.6 Å². The normalized spacial score (nSPS) is 15.3. The van der Waals surface area contributed by atoms with E-state index < -0.39 is 11.6 Å². The number of halogens is 2. The van der Waals surface area contributed by atoms with Crippen molar-refractivity contribution >= 4 is 17.1 Å². The van der Waals surface area contributed by atoms with Gasteiger partial charge in [0.1, 0.15) is 5.69 Å². The molecule has 0 saturated heterocycles. The Morgan fingerprint density at radius 3 is 2.39 bits per heavy atom. The van der Waals surface area contributed by atoms with Gasteiger partial charge in [-0.15, -0.1) is 0 Å². The summed E-state index contributed by atoms with van der Waals surface area (Å²) in [7, 11) is 0. The molecule has 3 N–H and O–H groups in total. The zero-order valence-electron chi connectivity index (χ0n) is 13.0. The van der Waals surface area contributed by atoms with E-state index in [0.29, 0.717) is 11.4 Å². The van der Waals surface area contributed by atoms with Gasteiger partial charge in [-0.25, -0.2) is 14.3 Å². The predicted molar refractivity (Wildman–Crippen MR) is 86.3 cm³/mol. The zero-order valence-corrected chi connectivity index (χ0v) is 13.0. The number of aryl methyl sites for hydroxylation is 1. The molecule has 1 saturated carbocycles. The fourth-order valence-electron chi connectivity index (χ4n) is 2.03. The average Bonchev–Trinajstić information content (AvgIpc) is 3.26. The van der Waals surface area contributed by atoms with Gasteiger partial charge in [-0.3, -0.25) is 0 Å². The second-order valence-electron chi connectivity index (χ2n) is 6.14. The van der Waals surface area contributed by atoms with Gasteiger partial charge in [0.25, 0.3) is 0 Å². The SMILES string of the molecule is Cc1ccc(Nc2c(NONC3(C)CC3)ccc(F)c2F)cc1. The van der Waals surface area contributed by atoms with Crippen LogP contribution in [0.5, 0.6) is 0 Å². The van der Waals surface area contributed by atoms with Crippen LogP contribution in [0.2, 0.25) is 0 Å². The number of benzene rings is 2. The third kappa shape index (κ3) is 3.78. The van der Waals surface area contributed by atoms with Gasteiger partial charge >= 0.3 is 0 Å². The Bertz CT molecular complexity index is 700. The Balaban J connectivity index is 1.78. The van der Waals surface area contributed by atoms with Crippen molar-refractivity contribution in [1.82, 2.24) is 5.48 Å². The van der Waals surface area contributed by atoms with Crippen LogP contribution in [-0.2, 0) is 4.94 Å². The topological polar surface area (TPSA) is 45.3 Å². The van der Waals surface area contributed by atoms with E-state index >= 15 is 0 Å². The molecule has 1 aliphatic rings. The highest BCUT2D eigenvalue weighted by atomic mass is 19.2. The van der Waals surface area contributed by atoms with E-state index in [2.05, 4.69) is 16.3 Å². The number of anilines is 3. The lowest BCUT2D eigenvalue weighted by Crippen LogP contribution is -2.30. The number of rotatable bonds is 6. The van der Waals surface area contributed by atoms with E-state index in [9.17, 15) is 8.78 Å². The maximum Gasteiger partial charge on any atom is 0.184 e. The van der Waals surface area contributed by atoms with Crippen molar-refractivity contribution in [3.8, 4) is 0 Å². The molecular formula is C17H19F2N3O. The Kier molecular flexibility index (Phi) is 4.19. The molecule has 0 aromatic heterocycles. The minimum absolute atomic E-state index is 0.00315. The Hall–Kier alpha value is -2.18. The molecule has 1 aliphatic carbocycles. The van der Waals surface area contributed by atoms with Crippen molar-refractivity contribution in [2.45, 2.75) is 32.2 Å². The molecule has 0 bridgehead atoms. The van der Waals surface area contributed by atoms with Crippen molar-refractivity contribution in [3.63, 3.8) is 0 Å². The molecule has 1 fully saturated rings. The predicted octanol–water partition coefficient (Wildman–Crippen LogP) is 4.42. The van der Waals surface area contributed by atoms with Crippen molar-refractivity contribution in [2.75, 3.05) is 10.8 Å². The molecule has 4 nitrogen and oxygen atoms in total. The molecule has 2 aromatic carbocycles. The van der Waals surface area contributed by atoms with Crippen molar-refractivity contribution < 1.29 is 13.7 Å². The van der Waals surface area contributed by atoms with Gasteiger partial charge in [-0.2, -0.15) is 10.4 Å². The second-order valence-corrected chi connectivity index (χ2v) is 6.14.